The van der Waals surface area contributed by atoms with E-state index in [2.05, 4.69) is 39.3 Å². The number of nitrogens with one attached hydrogen (secondary N) is 2. The number of likely N-dealkylation sites (tertiary alicyclic amines) is 2. The number of ketones is 1. The Kier molecular flexibility index (Phi) is 16.9. The minimum absolute atomic E-state index is 0.0579. The number of aliphatic hydroxyl groups excluding tert-OH is 2. The van der Waals surface area contributed by atoms with Gasteiger partial charge in [-0.05, 0) is 57.4 Å². The van der Waals surface area contributed by atoms with Gasteiger partial charge in [0, 0.05) is 112 Å². The van der Waals surface area contributed by atoms with E-state index >= 15 is 0 Å². The number of rotatable bonds is 7. The Labute approximate surface area is 436 Å². The molecule has 1 spiro atoms. The fourth-order valence-corrected chi connectivity index (χ4v) is 12.4. The van der Waals surface area contributed by atoms with Crippen molar-refractivity contribution in [3.8, 4) is 17.2 Å². The molecule has 6 N–H and O–H groups in total. The maximum atomic E-state index is 15.0. The summed E-state index contributed by atoms with van der Waals surface area (Å²) in [5.41, 5.74) is -0.106. The molecule has 3 fully saturated rings. The topological polar surface area (TPSA) is 224 Å². The summed E-state index contributed by atoms with van der Waals surface area (Å²) in [5, 5.41) is 54.8. The predicted molar refractivity (Wildman–Crippen MR) is 282 cm³/mol. The number of ether oxygens (including phenoxy) is 4. The summed E-state index contributed by atoms with van der Waals surface area (Å²) < 4.78 is 25.0. The van der Waals surface area contributed by atoms with Crippen LogP contribution in [0.25, 0.3) is 10.8 Å². The van der Waals surface area contributed by atoms with Crippen molar-refractivity contribution in [3.63, 3.8) is 0 Å². The molecule has 1 saturated carbocycles. The molecule has 0 radical (unpaired) electrons. The number of allylic oxidation sites excluding steroid dienone is 2. The zero-order valence-corrected chi connectivity index (χ0v) is 45.3. The Bertz CT molecular complexity index is 2650. The van der Waals surface area contributed by atoms with Gasteiger partial charge in [0.15, 0.2) is 5.75 Å². The lowest BCUT2D eigenvalue weighted by Gasteiger charge is -2.39. The van der Waals surface area contributed by atoms with Crippen molar-refractivity contribution >= 4 is 34.2 Å². The number of amides is 2. The molecular formula is C57H82N6O11. The van der Waals surface area contributed by atoms with Crippen molar-refractivity contribution < 1.29 is 53.8 Å². The standard InChI is InChI=1S/C57H82N6O11/c1-31(2)29-63-26-22-57(23-27-63)60-44-41-42-49(66)37(8)52-43(41)53(68)56(9,74-52)72-28-21-40(71-10)34(5)51(73-55(70)58-39-19-24-62(25-20-39)30-38-17-12-11-13-18-38)36(7)48(65)35(6)47(64)32(3)15-14-16-33(4)54(69)59-46(50(42)67)45(44)61-57/h14-16,21,28,31-32,34-36,38-40,47-48,51,60,64-67H,11-13,17-20,22-27,29-30H2,1-10H3,(H,58,70)/b15-14+,28-21+,33-16-,59-46?/t32-,34+,35+,36+,40-,47-,48+,51+,56-/m0/s1. The van der Waals surface area contributed by atoms with E-state index in [1.54, 1.807) is 52.0 Å². The van der Waals surface area contributed by atoms with Crippen LogP contribution in [-0.2, 0) is 19.0 Å². The summed E-state index contributed by atoms with van der Waals surface area (Å²) in [5.74, 6) is -5.42. The number of hydrogen-bond acceptors (Lipinski definition) is 15. The predicted octanol–water partition coefficient (Wildman–Crippen LogP) is 6.96. The summed E-state index contributed by atoms with van der Waals surface area (Å²) in [7, 11) is 1.50. The van der Waals surface area contributed by atoms with Crippen LogP contribution in [0.15, 0.2) is 46.1 Å². The molecular weight excluding hydrogens is 945 g/mol. The smallest absolute Gasteiger partial charge is 0.407 e. The van der Waals surface area contributed by atoms with Crippen LogP contribution in [0, 0.1) is 42.4 Å². The van der Waals surface area contributed by atoms with Gasteiger partial charge in [0.05, 0.1) is 41.2 Å². The van der Waals surface area contributed by atoms with E-state index in [1.165, 1.54) is 52.4 Å². The Morgan fingerprint density at radius 1 is 0.892 bits per heavy atom. The number of carbonyl (C=O) groups excluding carboxylic acids is 3. The molecule has 2 saturated heterocycles. The highest BCUT2D eigenvalue weighted by Crippen LogP contribution is 2.51. The van der Waals surface area contributed by atoms with E-state index in [-0.39, 0.29) is 55.7 Å². The third-order valence-electron chi connectivity index (χ3n) is 17.0. The second-order valence-corrected chi connectivity index (χ2v) is 23.0. The molecule has 2 aromatic carbocycles. The van der Waals surface area contributed by atoms with Gasteiger partial charge in [-0.15, -0.1) is 0 Å². The third-order valence-corrected chi connectivity index (χ3v) is 17.0. The van der Waals surface area contributed by atoms with Gasteiger partial charge >= 0.3 is 11.9 Å². The second kappa shape index (κ2) is 22.6. The number of hydrogen-bond donors (Lipinski definition) is 6. The van der Waals surface area contributed by atoms with Crippen molar-refractivity contribution in [2.45, 2.75) is 162 Å². The molecule has 0 aromatic heterocycles. The highest BCUT2D eigenvalue weighted by molar-refractivity contribution is 6.21. The number of alkyl carbamates (subject to hydrolysis) is 1. The highest BCUT2D eigenvalue weighted by Gasteiger charge is 2.51. The van der Waals surface area contributed by atoms with E-state index < -0.39 is 83.1 Å². The number of aromatic hydroxyl groups is 2. The number of phenolic OH excluding ortho intramolecular Hbond substituents is 2. The van der Waals surface area contributed by atoms with Gasteiger partial charge in [-0.2, -0.15) is 0 Å². The molecule has 9 rings (SSSR count). The molecule has 6 aliphatic heterocycles. The zero-order chi connectivity index (χ0) is 53.4. The van der Waals surface area contributed by atoms with Crippen LogP contribution in [-0.4, -0.2) is 136 Å². The lowest BCUT2D eigenvalue weighted by Crippen LogP contribution is -2.50. The van der Waals surface area contributed by atoms with Crippen molar-refractivity contribution in [1.29, 1.82) is 0 Å². The number of Topliss-reactive ketones (excluding diaryl/α,β-unsaturated/α-hetero) is 1. The monoisotopic (exact) mass is 1030 g/mol. The average molecular weight is 1030 g/mol. The first-order valence-corrected chi connectivity index (χ1v) is 27.2. The first kappa shape index (κ1) is 55.2. The van der Waals surface area contributed by atoms with Crippen molar-refractivity contribution in [2.24, 2.45) is 45.5 Å². The zero-order valence-electron chi connectivity index (χ0n) is 45.3. The number of phenols is 2. The number of piperidine rings is 2. The molecule has 17 heteroatoms. The van der Waals surface area contributed by atoms with Crippen LogP contribution in [0.5, 0.6) is 17.2 Å². The van der Waals surface area contributed by atoms with Crippen LogP contribution in [0.3, 0.4) is 0 Å². The van der Waals surface area contributed by atoms with Crippen molar-refractivity contribution in [1.82, 2.24) is 15.1 Å². The Hall–Kier alpha value is -5.07. The van der Waals surface area contributed by atoms with Gasteiger partial charge in [0.1, 0.15) is 34.0 Å². The third kappa shape index (κ3) is 11.2. The number of nitrogens with zero attached hydrogens (tertiary/aromatic N) is 4. The number of fused-ring (bicyclic) bond motifs is 13. The van der Waals surface area contributed by atoms with Crippen LogP contribution in [0.1, 0.15) is 129 Å². The molecule has 17 nitrogen and oxygen atoms in total. The van der Waals surface area contributed by atoms with Gasteiger partial charge in [-0.25, -0.2) is 9.79 Å². The summed E-state index contributed by atoms with van der Waals surface area (Å²) in [6.07, 6.45) is 12.5. The molecule has 2 amide bonds. The van der Waals surface area contributed by atoms with Gasteiger partial charge < -0.3 is 59.8 Å². The fraction of sp³-hybridized carbons (Fsp3) is 0.667. The summed E-state index contributed by atoms with van der Waals surface area (Å²) in [6, 6.07) is -0.0838. The number of carbonyl (C=O) groups is 3. The Morgan fingerprint density at radius 2 is 1.58 bits per heavy atom. The molecule has 74 heavy (non-hydrogen) atoms. The van der Waals surface area contributed by atoms with Crippen LogP contribution < -0.4 is 26.1 Å². The number of anilines is 1. The summed E-state index contributed by atoms with van der Waals surface area (Å²) in [6.45, 7) is 21.4. The Balaban J connectivity index is 1.14. The number of benzene rings is 2. The quantitative estimate of drug-likeness (QED) is 0.154. The van der Waals surface area contributed by atoms with E-state index in [0.717, 1.165) is 58.0 Å². The first-order chi connectivity index (χ1) is 35.2. The van der Waals surface area contributed by atoms with E-state index in [4.69, 9.17) is 23.9 Å². The Morgan fingerprint density at radius 3 is 2.24 bits per heavy atom. The van der Waals surface area contributed by atoms with Gasteiger partial charge in [0.2, 0.25) is 0 Å². The maximum Gasteiger partial charge on any atom is 0.407 e. The molecule has 7 aliphatic rings. The van der Waals surface area contributed by atoms with E-state index in [0.29, 0.717) is 24.4 Å². The molecule has 406 valence electrons. The van der Waals surface area contributed by atoms with Gasteiger partial charge in [0.25, 0.3) is 11.7 Å². The maximum absolute atomic E-state index is 15.0. The minimum Gasteiger partial charge on any atom is -0.507 e. The molecule has 9 atom stereocenters. The molecule has 0 unspecified atom stereocenters. The lowest BCUT2D eigenvalue weighted by atomic mass is 9.78. The average Bonchev–Trinajstić information content (AvgIpc) is 3.88. The minimum atomic E-state index is -1.97. The number of aliphatic hydroxyl groups is 2. The molecule has 6 heterocycles. The molecule has 5 bridgehead atoms. The highest BCUT2D eigenvalue weighted by atomic mass is 16.7. The first-order valence-electron chi connectivity index (χ1n) is 27.2. The summed E-state index contributed by atoms with van der Waals surface area (Å²) in [4.78, 5) is 57.5. The van der Waals surface area contributed by atoms with E-state index in [9.17, 15) is 34.8 Å². The normalized spacial score (nSPS) is 32.3. The summed E-state index contributed by atoms with van der Waals surface area (Å²) >= 11 is 0. The largest absolute Gasteiger partial charge is 0.507 e. The SMILES string of the molecule is CO[C@H]1/C=C/O[C@@]2(C)Oc3c(C)c(O)c4c(O)c(c5c(c4c3C2=O)NC2(CCN(CC(C)C)CC2)N=5)=NC(=O)/C(C)=C\C=C\[C@H](C)[C@H](O)[C@@H](C)[C@@H](O)[C@@H](C)[C@H](OC(=O)NC2CCN(CC3CCCCC3)CC2)[C@@H]1C. The fourth-order valence-electron chi connectivity index (χ4n) is 12.4. The van der Waals surface area contributed by atoms with Crippen molar-refractivity contribution in [2.75, 3.05) is 51.7 Å². The van der Waals surface area contributed by atoms with E-state index in [1.807, 2.05) is 13.8 Å². The van der Waals surface area contributed by atoms with Crippen LogP contribution >= 0.6 is 0 Å². The number of methoxy groups -OCH3 is 1. The second-order valence-electron chi connectivity index (χ2n) is 23.0. The van der Waals surface area contributed by atoms with Crippen LogP contribution in [0.4, 0.5) is 10.5 Å². The molecule has 1 aliphatic carbocycles. The molecule has 2 aromatic rings. The van der Waals surface area contributed by atoms with Crippen molar-refractivity contribution in [3.05, 3.63) is 58.0 Å². The lowest BCUT2D eigenvalue weighted by molar-refractivity contribution is -0.114. The van der Waals surface area contributed by atoms with Crippen LogP contribution in [0.2, 0.25) is 0 Å². The van der Waals surface area contributed by atoms with Gasteiger partial charge in [-0.3, -0.25) is 14.6 Å². The van der Waals surface area contributed by atoms with Gasteiger partial charge in [-0.1, -0.05) is 79.0 Å².